The molecule has 0 atom stereocenters. The third-order valence-corrected chi connectivity index (χ3v) is 3.03. The van der Waals surface area contributed by atoms with Crippen LogP contribution in [0.25, 0.3) is 0 Å². The van der Waals surface area contributed by atoms with Crippen molar-refractivity contribution in [1.29, 1.82) is 0 Å². The van der Waals surface area contributed by atoms with Crippen LogP contribution in [0.2, 0.25) is 10.2 Å². The lowest BCUT2D eigenvalue weighted by Crippen LogP contribution is -2.12. The predicted molar refractivity (Wildman–Crippen MR) is 76.6 cm³/mol. The first-order chi connectivity index (χ1) is 9.10. The molecular formula is C14H8Cl2N2O. The summed E-state index contributed by atoms with van der Waals surface area (Å²) in [7, 11) is 0. The van der Waals surface area contributed by atoms with E-state index in [1.165, 1.54) is 12.3 Å². The molecule has 2 rings (SSSR count). The number of rotatable bonds is 2. The van der Waals surface area contributed by atoms with E-state index in [2.05, 4.69) is 16.2 Å². The second kappa shape index (κ2) is 5.75. The van der Waals surface area contributed by atoms with Gasteiger partial charge in [-0.25, -0.2) is 4.98 Å². The van der Waals surface area contributed by atoms with Crippen LogP contribution in [-0.2, 0) is 0 Å². The van der Waals surface area contributed by atoms with E-state index in [0.717, 1.165) is 0 Å². The van der Waals surface area contributed by atoms with E-state index in [-0.39, 0.29) is 16.1 Å². The van der Waals surface area contributed by atoms with E-state index in [0.29, 0.717) is 16.8 Å². The molecule has 0 aliphatic heterocycles. The van der Waals surface area contributed by atoms with Crippen LogP contribution in [-0.4, -0.2) is 10.9 Å². The van der Waals surface area contributed by atoms with Crippen molar-refractivity contribution in [3.63, 3.8) is 0 Å². The number of hydrogen-bond donors (Lipinski definition) is 1. The molecule has 0 radical (unpaired) electrons. The van der Waals surface area contributed by atoms with Gasteiger partial charge in [-0.1, -0.05) is 35.2 Å². The van der Waals surface area contributed by atoms with Gasteiger partial charge in [-0.2, -0.15) is 0 Å². The smallest absolute Gasteiger partial charge is 0.257 e. The summed E-state index contributed by atoms with van der Waals surface area (Å²) in [5, 5.41) is 3.09. The zero-order valence-electron chi connectivity index (χ0n) is 9.65. The average molecular weight is 291 g/mol. The molecule has 0 unspecified atom stereocenters. The number of nitrogens with one attached hydrogen (secondary N) is 1. The van der Waals surface area contributed by atoms with Crippen LogP contribution in [0.4, 0.5) is 5.69 Å². The Balaban J connectivity index is 2.21. The van der Waals surface area contributed by atoms with Crippen molar-refractivity contribution < 1.29 is 4.79 Å². The molecule has 1 aromatic carbocycles. The van der Waals surface area contributed by atoms with Crippen LogP contribution >= 0.6 is 23.2 Å². The monoisotopic (exact) mass is 290 g/mol. The second-order valence-electron chi connectivity index (χ2n) is 3.68. The molecule has 0 bridgehead atoms. The van der Waals surface area contributed by atoms with Crippen molar-refractivity contribution in [1.82, 2.24) is 4.98 Å². The van der Waals surface area contributed by atoms with E-state index in [1.54, 1.807) is 24.3 Å². The number of amides is 1. The number of hydrogen-bond acceptors (Lipinski definition) is 2. The quantitative estimate of drug-likeness (QED) is 0.678. The second-order valence-corrected chi connectivity index (χ2v) is 4.44. The first-order valence-electron chi connectivity index (χ1n) is 5.29. The summed E-state index contributed by atoms with van der Waals surface area (Å²) in [6.07, 6.45) is 6.65. The van der Waals surface area contributed by atoms with Crippen LogP contribution in [0, 0.1) is 12.3 Å². The molecule has 1 heterocycles. The van der Waals surface area contributed by atoms with Crippen molar-refractivity contribution in [3.8, 4) is 12.3 Å². The Kier molecular flexibility index (Phi) is 4.06. The first kappa shape index (κ1) is 13.4. The topological polar surface area (TPSA) is 42.0 Å². The molecule has 3 nitrogen and oxygen atoms in total. The molecule has 0 aliphatic rings. The Morgan fingerprint density at radius 1 is 1.32 bits per heavy atom. The SMILES string of the molecule is C#Cc1cccc(NC(=O)c2cnc(Cl)c(Cl)c2)c1. The molecule has 0 saturated carbocycles. The average Bonchev–Trinajstić information content (AvgIpc) is 2.42. The van der Waals surface area contributed by atoms with Gasteiger partial charge in [-0.15, -0.1) is 6.42 Å². The van der Waals surface area contributed by atoms with Gasteiger partial charge in [0.1, 0.15) is 5.15 Å². The van der Waals surface area contributed by atoms with Gasteiger partial charge in [-0.3, -0.25) is 4.79 Å². The highest BCUT2D eigenvalue weighted by Gasteiger charge is 2.09. The zero-order valence-corrected chi connectivity index (χ0v) is 11.2. The highest BCUT2D eigenvalue weighted by Crippen LogP contribution is 2.20. The zero-order chi connectivity index (χ0) is 13.8. The standard InChI is InChI=1S/C14H8Cl2N2O/c1-2-9-4-3-5-11(6-9)18-14(19)10-7-12(15)13(16)17-8-10/h1,3-8H,(H,18,19). The van der Waals surface area contributed by atoms with Crippen molar-refractivity contribution in [2.24, 2.45) is 0 Å². The Morgan fingerprint density at radius 2 is 2.11 bits per heavy atom. The predicted octanol–water partition coefficient (Wildman–Crippen LogP) is 3.62. The molecule has 0 spiro atoms. The van der Waals surface area contributed by atoms with Crippen molar-refractivity contribution >= 4 is 34.8 Å². The van der Waals surface area contributed by atoms with Gasteiger partial charge in [-0.05, 0) is 24.3 Å². The Hall–Kier alpha value is -2.02. The summed E-state index contributed by atoms with van der Waals surface area (Å²) in [5.41, 5.74) is 1.61. The summed E-state index contributed by atoms with van der Waals surface area (Å²) < 4.78 is 0. The van der Waals surface area contributed by atoms with Gasteiger partial charge in [0.15, 0.2) is 0 Å². The van der Waals surface area contributed by atoms with Crippen molar-refractivity contribution in [2.45, 2.75) is 0 Å². The summed E-state index contributed by atoms with van der Waals surface area (Å²) in [4.78, 5) is 15.8. The lowest BCUT2D eigenvalue weighted by molar-refractivity contribution is 0.102. The number of benzene rings is 1. The van der Waals surface area contributed by atoms with Crippen molar-refractivity contribution in [3.05, 3.63) is 57.8 Å². The van der Waals surface area contributed by atoms with Crippen LogP contribution < -0.4 is 5.32 Å². The number of carbonyl (C=O) groups excluding carboxylic acids is 1. The maximum Gasteiger partial charge on any atom is 0.257 e. The summed E-state index contributed by atoms with van der Waals surface area (Å²) >= 11 is 11.5. The number of nitrogens with zero attached hydrogens (tertiary/aromatic N) is 1. The van der Waals surface area contributed by atoms with Gasteiger partial charge < -0.3 is 5.32 Å². The normalized spacial score (nSPS) is 9.74. The Morgan fingerprint density at radius 3 is 2.79 bits per heavy atom. The molecule has 0 saturated heterocycles. The fourth-order valence-electron chi connectivity index (χ4n) is 1.44. The molecule has 1 aromatic heterocycles. The van der Waals surface area contributed by atoms with Gasteiger partial charge in [0.05, 0.1) is 10.6 Å². The van der Waals surface area contributed by atoms with E-state index < -0.39 is 0 Å². The fraction of sp³-hybridized carbons (Fsp3) is 0. The minimum absolute atomic E-state index is 0.160. The highest BCUT2D eigenvalue weighted by molar-refractivity contribution is 6.41. The van der Waals surface area contributed by atoms with Crippen LogP contribution in [0.3, 0.4) is 0 Å². The summed E-state index contributed by atoms with van der Waals surface area (Å²) in [5.74, 6) is 2.16. The molecule has 5 heteroatoms. The van der Waals surface area contributed by atoms with Crippen molar-refractivity contribution in [2.75, 3.05) is 5.32 Å². The third kappa shape index (κ3) is 3.25. The summed E-state index contributed by atoms with van der Waals surface area (Å²) in [6.45, 7) is 0. The van der Waals surface area contributed by atoms with E-state index >= 15 is 0 Å². The highest BCUT2D eigenvalue weighted by atomic mass is 35.5. The summed E-state index contributed by atoms with van der Waals surface area (Å²) in [6, 6.07) is 8.43. The van der Waals surface area contributed by atoms with Crippen LogP contribution in [0.5, 0.6) is 0 Å². The van der Waals surface area contributed by atoms with E-state index in [1.807, 2.05) is 0 Å². The van der Waals surface area contributed by atoms with Crippen LogP contribution in [0.1, 0.15) is 15.9 Å². The number of pyridine rings is 1. The van der Waals surface area contributed by atoms with Gasteiger partial charge in [0.25, 0.3) is 5.91 Å². The number of anilines is 1. The lowest BCUT2D eigenvalue weighted by Gasteiger charge is -2.06. The molecule has 0 fully saturated rings. The molecule has 1 amide bonds. The first-order valence-corrected chi connectivity index (χ1v) is 6.05. The third-order valence-electron chi connectivity index (χ3n) is 2.35. The lowest BCUT2D eigenvalue weighted by atomic mass is 10.2. The van der Waals surface area contributed by atoms with Gasteiger partial charge >= 0.3 is 0 Å². The number of halogens is 2. The molecule has 1 N–H and O–H groups in total. The minimum atomic E-state index is -0.333. The number of carbonyl (C=O) groups is 1. The van der Waals surface area contributed by atoms with E-state index in [9.17, 15) is 4.79 Å². The van der Waals surface area contributed by atoms with Gasteiger partial charge in [0, 0.05) is 17.4 Å². The molecule has 2 aromatic rings. The fourth-order valence-corrected chi connectivity index (χ4v) is 1.71. The largest absolute Gasteiger partial charge is 0.322 e. The van der Waals surface area contributed by atoms with Crippen LogP contribution in [0.15, 0.2) is 36.5 Å². The maximum atomic E-state index is 12.0. The van der Waals surface area contributed by atoms with E-state index in [4.69, 9.17) is 29.6 Å². The Labute approximate surface area is 120 Å². The molecular weight excluding hydrogens is 283 g/mol. The number of aromatic nitrogens is 1. The maximum absolute atomic E-state index is 12.0. The molecule has 0 aliphatic carbocycles. The Bertz CT molecular complexity index is 677. The van der Waals surface area contributed by atoms with Gasteiger partial charge in [0.2, 0.25) is 0 Å². The molecule has 94 valence electrons. The minimum Gasteiger partial charge on any atom is -0.322 e. The molecule has 19 heavy (non-hydrogen) atoms. The number of terminal acetylenes is 1.